The molecule has 0 spiro atoms. The van der Waals surface area contributed by atoms with Crippen molar-refractivity contribution in [2.75, 3.05) is 13.1 Å². The first-order valence-electron chi connectivity index (χ1n) is 17.4. The number of unbranched alkanes of at least 4 members (excludes halogenated alkanes) is 1. The zero-order valence-electron chi connectivity index (χ0n) is 30.7. The van der Waals surface area contributed by atoms with Gasteiger partial charge in [-0.25, -0.2) is 4.79 Å². The van der Waals surface area contributed by atoms with Crippen molar-refractivity contribution in [2.45, 2.75) is 94.0 Å². The first kappa shape index (κ1) is 48.5. The zero-order chi connectivity index (χ0) is 43.2. The number of carboxylic acid groups (broad SMARTS) is 4. The number of rotatable bonds is 27. The van der Waals surface area contributed by atoms with Gasteiger partial charge in [-0.15, -0.1) is 0 Å². The van der Waals surface area contributed by atoms with E-state index in [9.17, 15) is 63.6 Å². The van der Waals surface area contributed by atoms with E-state index in [0.29, 0.717) is 12.0 Å². The second kappa shape index (κ2) is 24.8. The Morgan fingerprint density at radius 1 is 0.579 bits per heavy atom. The lowest BCUT2D eigenvalue weighted by molar-refractivity contribution is -0.148. The van der Waals surface area contributed by atoms with E-state index < -0.39 is 109 Å². The minimum Gasteiger partial charge on any atom is -0.508 e. The summed E-state index contributed by atoms with van der Waals surface area (Å²) in [4.78, 5) is 116. The normalized spacial score (nSPS) is 13.9. The van der Waals surface area contributed by atoms with Crippen molar-refractivity contribution in [3.8, 4) is 5.75 Å². The maximum atomic E-state index is 13.9. The molecule has 1 aromatic rings. The van der Waals surface area contributed by atoms with Crippen molar-refractivity contribution in [3.05, 3.63) is 29.8 Å². The summed E-state index contributed by atoms with van der Waals surface area (Å²) in [6.45, 7) is 0.287. The van der Waals surface area contributed by atoms with Gasteiger partial charge >= 0.3 is 23.9 Å². The quantitative estimate of drug-likeness (QED) is 0.0226. The Morgan fingerprint density at radius 3 is 1.51 bits per heavy atom. The third-order valence-corrected chi connectivity index (χ3v) is 7.91. The zero-order valence-corrected chi connectivity index (χ0v) is 30.7. The van der Waals surface area contributed by atoms with Crippen LogP contribution in [-0.4, -0.2) is 134 Å². The van der Waals surface area contributed by atoms with Gasteiger partial charge in [0.2, 0.25) is 29.5 Å². The Balaban J connectivity index is 3.42. The van der Waals surface area contributed by atoms with E-state index >= 15 is 0 Å². The molecule has 0 aliphatic carbocycles. The van der Waals surface area contributed by atoms with Crippen molar-refractivity contribution < 1.29 is 68.7 Å². The number of aliphatic imine (C=N–C) groups is 1. The first-order chi connectivity index (χ1) is 26.7. The monoisotopic (exact) mass is 810 g/mol. The number of amides is 5. The maximum Gasteiger partial charge on any atom is 0.326 e. The highest BCUT2D eigenvalue weighted by Crippen LogP contribution is 2.13. The lowest BCUT2D eigenvalue weighted by atomic mass is 10.0. The van der Waals surface area contributed by atoms with Gasteiger partial charge in [0.1, 0.15) is 36.0 Å². The molecule has 18 N–H and O–H groups in total. The number of phenolic OH excluding ortho intramolecular Hbond substituents is 1. The number of aliphatic carboxylic acids is 4. The lowest BCUT2D eigenvalue weighted by Crippen LogP contribution is -2.60. The van der Waals surface area contributed by atoms with Gasteiger partial charge in [-0.3, -0.25) is 43.3 Å². The van der Waals surface area contributed by atoms with Crippen LogP contribution in [0.2, 0.25) is 0 Å². The highest BCUT2D eigenvalue weighted by atomic mass is 16.4. The van der Waals surface area contributed by atoms with Crippen molar-refractivity contribution in [1.29, 1.82) is 0 Å². The summed E-state index contributed by atoms with van der Waals surface area (Å²) >= 11 is 0. The van der Waals surface area contributed by atoms with Crippen molar-refractivity contribution in [1.82, 2.24) is 26.6 Å². The molecule has 0 unspecified atom stereocenters. The number of hydrogen-bond acceptors (Lipinski definition) is 13. The Morgan fingerprint density at radius 2 is 1.02 bits per heavy atom. The molecular formula is C33H50N10O14. The molecule has 0 aliphatic rings. The maximum absolute atomic E-state index is 13.9. The van der Waals surface area contributed by atoms with Gasteiger partial charge in [0.25, 0.3) is 0 Å². The van der Waals surface area contributed by atoms with E-state index in [1.807, 2.05) is 5.32 Å². The molecule has 0 saturated heterocycles. The Hall–Kier alpha value is -6.56. The van der Waals surface area contributed by atoms with Crippen LogP contribution >= 0.6 is 0 Å². The molecule has 0 radical (unpaired) electrons. The number of carbonyl (C=O) groups is 9. The van der Waals surface area contributed by atoms with Gasteiger partial charge in [-0.2, -0.15) is 0 Å². The second-order valence-electron chi connectivity index (χ2n) is 12.6. The fraction of sp³-hybridized carbons (Fsp3) is 0.515. The number of phenols is 1. The van der Waals surface area contributed by atoms with Crippen LogP contribution in [0, 0.1) is 0 Å². The SMILES string of the molecule is NCCCC[C@H](NC(=O)[C@H](Cc1ccc(O)cc1)NC(=O)[C@H](CC(=O)O)NC(=O)[C@@H](N)CCCN=C(N)N)C(=O)N[C@@H](CC(=O)O)C(=O)N[C@@H](CC(=O)O)C(=O)O. The van der Waals surface area contributed by atoms with E-state index in [1.54, 1.807) is 0 Å². The van der Waals surface area contributed by atoms with Crippen LogP contribution < -0.4 is 49.5 Å². The van der Waals surface area contributed by atoms with E-state index in [1.165, 1.54) is 24.3 Å². The first-order valence-corrected chi connectivity index (χ1v) is 17.4. The third kappa shape index (κ3) is 19.6. The van der Waals surface area contributed by atoms with Crippen molar-refractivity contribution >= 4 is 59.4 Å². The van der Waals surface area contributed by atoms with Crippen LogP contribution in [0.3, 0.4) is 0 Å². The van der Waals surface area contributed by atoms with E-state index in [0.717, 1.165) is 0 Å². The van der Waals surface area contributed by atoms with Gasteiger partial charge in [0.15, 0.2) is 5.96 Å². The molecule has 0 aromatic heterocycles. The molecule has 57 heavy (non-hydrogen) atoms. The number of nitrogens with zero attached hydrogens (tertiary/aromatic N) is 1. The summed E-state index contributed by atoms with van der Waals surface area (Å²) in [7, 11) is 0. The molecule has 316 valence electrons. The fourth-order valence-corrected chi connectivity index (χ4v) is 5.00. The van der Waals surface area contributed by atoms with Crippen LogP contribution in [0.15, 0.2) is 29.3 Å². The molecule has 0 bridgehead atoms. The summed E-state index contributed by atoms with van der Waals surface area (Å²) < 4.78 is 0. The summed E-state index contributed by atoms with van der Waals surface area (Å²) in [5.41, 5.74) is 22.4. The Bertz CT molecular complexity index is 1620. The number of aromatic hydroxyl groups is 1. The summed E-state index contributed by atoms with van der Waals surface area (Å²) in [5, 5.41) is 58.0. The molecule has 1 aromatic carbocycles. The standard InChI is InChI=1S/C33H50N10O14/c34-10-2-1-5-19(28(52)42-22(14-25(47)48)31(55)43-23(32(56)57)15-26(49)50)39-29(53)20(12-16-6-8-17(44)9-7-16)41-30(54)21(13-24(45)46)40-27(51)18(35)4-3-11-38-33(36)37/h6-9,18-23,44H,1-5,10-15,34-35H2,(H,39,53)(H,40,51)(H,41,54)(H,42,52)(H,43,55)(H,45,46)(H,47,48)(H,49,50)(H,56,57)(H4,36,37,38)/t18-,19-,20-,21-,22-,23-/m0/s1. The van der Waals surface area contributed by atoms with Crippen LogP contribution in [0.25, 0.3) is 0 Å². The summed E-state index contributed by atoms with van der Waals surface area (Å²) in [6.07, 6.45) is -2.77. The Kier molecular flexibility index (Phi) is 21.1. The fourth-order valence-electron chi connectivity index (χ4n) is 5.00. The predicted molar refractivity (Wildman–Crippen MR) is 197 cm³/mol. The second-order valence-corrected chi connectivity index (χ2v) is 12.6. The van der Waals surface area contributed by atoms with Crippen LogP contribution in [-0.2, 0) is 49.6 Å². The average Bonchev–Trinajstić information content (AvgIpc) is 3.11. The number of carboxylic acids is 4. The lowest BCUT2D eigenvalue weighted by Gasteiger charge is -2.27. The number of carbonyl (C=O) groups excluding carboxylic acids is 5. The van der Waals surface area contributed by atoms with Crippen LogP contribution in [0.4, 0.5) is 0 Å². The molecule has 1 rings (SSSR count). The molecule has 5 amide bonds. The summed E-state index contributed by atoms with van der Waals surface area (Å²) in [6, 6.07) is -4.72. The predicted octanol–water partition coefficient (Wildman–Crippen LogP) is -4.62. The molecule has 0 heterocycles. The minimum atomic E-state index is -1.99. The average molecular weight is 811 g/mol. The summed E-state index contributed by atoms with van der Waals surface area (Å²) in [5.74, 6) is -12.4. The van der Waals surface area contributed by atoms with Gasteiger partial charge < -0.3 is 75.1 Å². The largest absolute Gasteiger partial charge is 0.508 e. The number of nitrogens with one attached hydrogen (secondary N) is 5. The third-order valence-electron chi connectivity index (χ3n) is 7.91. The van der Waals surface area contributed by atoms with E-state index in [2.05, 4.69) is 26.3 Å². The van der Waals surface area contributed by atoms with Gasteiger partial charge in [-0.05, 0) is 56.3 Å². The molecule has 0 aliphatic heterocycles. The highest BCUT2D eigenvalue weighted by Gasteiger charge is 2.34. The highest BCUT2D eigenvalue weighted by molar-refractivity contribution is 5.98. The van der Waals surface area contributed by atoms with Crippen LogP contribution in [0.1, 0.15) is 56.9 Å². The topological polar surface area (TPSA) is 431 Å². The van der Waals surface area contributed by atoms with E-state index in [4.69, 9.17) is 28.0 Å². The van der Waals surface area contributed by atoms with Crippen molar-refractivity contribution in [2.24, 2.45) is 27.9 Å². The number of benzene rings is 1. The van der Waals surface area contributed by atoms with Gasteiger partial charge in [0, 0.05) is 13.0 Å². The molecule has 0 fully saturated rings. The number of nitrogens with two attached hydrogens (primary N) is 4. The Labute approximate surface area is 325 Å². The molecular weight excluding hydrogens is 760 g/mol. The smallest absolute Gasteiger partial charge is 0.326 e. The molecule has 24 nitrogen and oxygen atoms in total. The molecule has 24 heteroatoms. The van der Waals surface area contributed by atoms with Crippen molar-refractivity contribution in [3.63, 3.8) is 0 Å². The minimum absolute atomic E-state index is 0.0426. The van der Waals surface area contributed by atoms with Gasteiger partial charge in [0.05, 0.1) is 25.3 Å². The molecule has 6 atom stereocenters. The number of guanidine groups is 1. The molecule has 0 saturated carbocycles. The van der Waals surface area contributed by atoms with Crippen LogP contribution in [0.5, 0.6) is 5.75 Å². The van der Waals surface area contributed by atoms with Gasteiger partial charge in [-0.1, -0.05) is 12.1 Å². The van der Waals surface area contributed by atoms with E-state index in [-0.39, 0.29) is 56.9 Å². The number of hydrogen-bond donors (Lipinski definition) is 14.